The van der Waals surface area contributed by atoms with Crippen molar-refractivity contribution in [1.29, 1.82) is 5.26 Å². The Morgan fingerprint density at radius 1 is 0.932 bits per heavy atom. The first-order chi connectivity index (χ1) is 20.6. The number of hydrogen-bond acceptors (Lipinski definition) is 5. The number of rotatable bonds is 9. The van der Waals surface area contributed by atoms with E-state index in [4.69, 9.17) is 10.00 Å². The van der Waals surface area contributed by atoms with E-state index in [0.717, 1.165) is 12.1 Å². The highest BCUT2D eigenvalue weighted by Gasteiger charge is 2.37. The maximum Gasteiger partial charge on any atom is 0.416 e. The van der Waals surface area contributed by atoms with Crippen molar-refractivity contribution in [2.45, 2.75) is 69.6 Å². The molecule has 0 fully saturated rings. The molecule has 0 saturated heterocycles. The van der Waals surface area contributed by atoms with E-state index in [9.17, 15) is 39.5 Å². The Morgan fingerprint density at radius 2 is 1.59 bits per heavy atom. The van der Waals surface area contributed by atoms with E-state index < -0.39 is 47.7 Å². The van der Waals surface area contributed by atoms with Gasteiger partial charge in [-0.1, -0.05) is 6.92 Å². The summed E-state index contributed by atoms with van der Waals surface area (Å²) < 4.78 is 127. The highest BCUT2D eigenvalue weighted by atomic mass is 19.4. The number of halogens is 9. The minimum absolute atomic E-state index is 0.0325. The van der Waals surface area contributed by atoms with Crippen molar-refractivity contribution in [3.05, 3.63) is 82.0 Å². The third-order valence-corrected chi connectivity index (χ3v) is 7.12. The molecule has 1 aliphatic rings. The summed E-state index contributed by atoms with van der Waals surface area (Å²) in [5, 5.41) is 15.0. The summed E-state index contributed by atoms with van der Waals surface area (Å²) in [4.78, 5) is 4.32. The number of nitrogens with one attached hydrogen (secondary N) is 2. The van der Waals surface area contributed by atoms with Gasteiger partial charge in [0.15, 0.2) is 0 Å². The molecule has 0 radical (unpaired) electrons. The molecule has 0 unspecified atom stereocenters. The maximum atomic E-state index is 13.5. The van der Waals surface area contributed by atoms with Crippen LogP contribution >= 0.6 is 0 Å². The lowest BCUT2D eigenvalue weighted by molar-refractivity contribution is -0.143. The summed E-state index contributed by atoms with van der Waals surface area (Å²) in [6, 6.07) is 7.03. The molecule has 0 spiro atoms. The number of anilines is 2. The van der Waals surface area contributed by atoms with Gasteiger partial charge in [0.25, 0.3) is 0 Å². The molecule has 2 aromatic carbocycles. The van der Waals surface area contributed by atoms with Crippen LogP contribution in [0.5, 0.6) is 5.75 Å². The van der Waals surface area contributed by atoms with Crippen molar-refractivity contribution in [1.82, 2.24) is 4.98 Å². The third-order valence-electron chi connectivity index (χ3n) is 7.12. The Balaban J connectivity index is 1.76. The monoisotopic (exact) mass is 630 g/mol. The van der Waals surface area contributed by atoms with E-state index in [0.29, 0.717) is 37.1 Å². The molecule has 2 atom stereocenters. The van der Waals surface area contributed by atoms with Gasteiger partial charge < -0.3 is 15.4 Å². The summed E-state index contributed by atoms with van der Waals surface area (Å²) in [5.74, 6) is 0.216. The van der Waals surface area contributed by atoms with Gasteiger partial charge in [0.2, 0.25) is 0 Å². The van der Waals surface area contributed by atoms with Crippen LogP contribution in [-0.4, -0.2) is 17.6 Å². The van der Waals surface area contributed by atoms with Gasteiger partial charge >= 0.3 is 18.5 Å². The molecule has 0 amide bonds. The molecule has 2 heterocycles. The molecule has 5 nitrogen and oxygen atoms in total. The second kappa shape index (κ2) is 12.8. The van der Waals surface area contributed by atoms with Crippen LogP contribution < -0.4 is 15.4 Å². The van der Waals surface area contributed by atoms with Gasteiger partial charge in [0.05, 0.1) is 41.6 Å². The number of nitrogens with zero attached hydrogens (tertiary/aromatic N) is 2. The van der Waals surface area contributed by atoms with Gasteiger partial charge in [-0.15, -0.1) is 0 Å². The fraction of sp³-hybridized carbons (Fsp3) is 0.400. The van der Waals surface area contributed by atoms with Crippen LogP contribution in [0.4, 0.5) is 51.0 Å². The Kier molecular flexibility index (Phi) is 9.56. The van der Waals surface area contributed by atoms with Crippen LogP contribution in [0.3, 0.4) is 0 Å². The van der Waals surface area contributed by atoms with Gasteiger partial charge in [-0.3, -0.25) is 0 Å². The van der Waals surface area contributed by atoms with Crippen molar-refractivity contribution < 1.29 is 44.3 Å². The molecule has 0 bridgehead atoms. The Labute approximate surface area is 247 Å². The number of nitriles is 1. The SMILES string of the molecule is CC[C@@H]1C[C@H](Nc2ncc(OCCCC#N)cc2Cc2cc(C(F)(F)F)cc(C(F)(F)F)c2)c2cc(C(F)(F)F)ccc2N1. The number of aromatic nitrogens is 1. The lowest BCUT2D eigenvalue weighted by Gasteiger charge is -2.34. The van der Waals surface area contributed by atoms with Gasteiger partial charge in [-0.05, 0) is 72.9 Å². The minimum Gasteiger partial charge on any atom is -0.492 e. The standard InChI is InChI=1S/C30H27F9N4O/c1-2-22-15-26(24-14-19(28(31,32)33)5-6-25(24)42-22)43-27-18(12-23(16-41-27)44-8-4-3-7-40)9-17-10-20(29(34,35)36)13-21(11-17)30(37,38)39/h5-6,10-14,16,22,26,42H,2-4,8-9,15H2,1H3,(H,41,43)/t22-,26+/m1/s1. The van der Waals surface area contributed by atoms with Gasteiger partial charge in [-0.25, -0.2) is 4.98 Å². The fourth-order valence-electron chi connectivity index (χ4n) is 4.93. The highest BCUT2D eigenvalue weighted by molar-refractivity contribution is 5.61. The largest absolute Gasteiger partial charge is 0.492 e. The Bertz CT molecular complexity index is 1480. The van der Waals surface area contributed by atoms with E-state index in [2.05, 4.69) is 15.6 Å². The molecular formula is C30H27F9N4O. The number of fused-ring (bicyclic) bond motifs is 1. The van der Waals surface area contributed by atoms with Gasteiger partial charge in [-0.2, -0.15) is 44.8 Å². The van der Waals surface area contributed by atoms with Gasteiger partial charge in [0, 0.05) is 30.1 Å². The van der Waals surface area contributed by atoms with Crippen LogP contribution in [0.25, 0.3) is 0 Å². The summed E-state index contributed by atoms with van der Waals surface area (Å²) in [5.41, 5.74) is -3.24. The zero-order valence-electron chi connectivity index (χ0n) is 23.2. The second-order valence-electron chi connectivity index (χ2n) is 10.4. The highest BCUT2D eigenvalue weighted by Crippen LogP contribution is 2.41. The molecule has 14 heteroatoms. The Hall–Kier alpha value is -4.15. The predicted molar refractivity (Wildman–Crippen MR) is 144 cm³/mol. The lowest BCUT2D eigenvalue weighted by Crippen LogP contribution is -2.31. The molecule has 44 heavy (non-hydrogen) atoms. The molecule has 4 rings (SSSR count). The first kappa shape index (κ1) is 32.8. The molecule has 2 N–H and O–H groups in total. The third kappa shape index (κ3) is 8.06. The van der Waals surface area contributed by atoms with Crippen LogP contribution in [0.15, 0.2) is 48.7 Å². The first-order valence-electron chi connectivity index (χ1n) is 13.6. The average molecular weight is 631 g/mol. The van der Waals surface area contributed by atoms with Crippen molar-refractivity contribution in [2.75, 3.05) is 17.2 Å². The number of alkyl halides is 9. The lowest BCUT2D eigenvalue weighted by atomic mass is 9.90. The molecule has 236 valence electrons. The Morgan fingerprint density at radius 3 is 2.18 bits per heavy atom. The number of hydrogen-bond donors (Lipinski definition) is 2. The smallest absolute Gasteiger partial charge is 0.416 e. The fourth-order valence-corrected chi connectivity index (χ4v) is 4.93. The van der Waals surface area contributed by atoms with Crippen molar-refractivity contribution in [2.24, 2.45) is 0 Å². The van der Waals surface area contributed by atoms with Crippen LogP contribution in [0.2, 0.25) is 0 Å². The zero-order valence-corrected chi connectivity index (χ0v) is 23.2. The van der Waals surface area contributed by atoms with Crippen LogP contribution in [-0.2, 0) is 24.9 Å². The van der Waals surface area contributed by atoms with Crippen LogP contribution in [0, 0.1) is 11.3 Å². The van der Waals surface area contributed by atoms with E-state index in [1.54, 1.807) is 0 Å². The minimum atomic E-state index is -5.05. The normalized spacial score (nSPS) is 16.9. The molecule has 0 saturated carbocycles. The first-order valence-corrected chi connectivity index (χ1v) is 13.6. The zero-order chi connectivity index (χ0) is 32.3. The number of pyridine rings is 1. The summed E-state index contributed by atoms with van der Waals surface area (Å²) in [6.07, 6.45) is -12.4. The molecule has 1 aliphatic heterocycles. The number of unbranched alkanes of at least 4 members (excludes halogenated alkanes) is 1. The summed E-state index contributed by atoms with van der Waals surface area (Å²) in [7, 11) is 0. The summed E-state index contributed by atoms with van der Waals surface area (Å²) in [6.45, 7) is 1.99. The quantitative estimate of drug-likeness (QED) is 0.182. The van der Waals surface area contributed by atoms with Crippen molar-refractivity contribution >= 4 is 11.5 Å². The molecular weight excluding hydrogens is 603 g/mol. The van der Waals surface area contributed by atoms with Crippen molar-refractivity contribution in [3.63, 3.8) is 0 Å². The molecule has 1 aromatic heterocycles. The average Bonchev–Trinajstić information content (AvgIpc) is 2.94. The summed E-state index contributed by atoms with van der Waals surface area (Å²) >= 11 is 0. The molecule has 0 aliphatic carbocycles. The molecule has 3 aromatic rings. The second-order valence-corrected chi connectivity index (χ2v) is 10.4. The number of benzene rings is 2. The van der Waals surface area contributed by atoms with E-state index in [-0.39, 0.29) is 53.4 Å². The number of ether oxygens (including phenoxy) is 1. The predicted octanol–water partition coefficient (Wildman–Crippen LogP) is 9.16. The maximum absolute atomic E-state index is 13.5. The van der Waals surface area contributed by atoms with E-state index in [1.807, 2.05) is 13.0 Å². The van der Waals surface area contributed by atoms with Crippen LogP contribution in [0.1, 0.15) is 72.0 Å². The topological polar surface area (TPSA) is 70.0 Å². The van der Waals surface area contributed by atoms with E-state index in [1.165, 1.54) is 18.3 Å². The van der Waals surface area contributed by atoms with E-state index >= 15 is 0 Å². The van der Waals surface area contributed by atoms with Crippen molar-refractivity contribution in [3.8, 4) is 11.8 Å². The van der Waals surface area contributed by atoms with Gasteiger partial charge in [0.1, 0.15) is 11.6 Å².